The first kappa shape index (κ1) is 18.2. The van der Waals surface area contributed by atoms with Crippen molar-refractivity contribution in [3.63, 3.8) is 0 Å². The topological polar surface area (TPSA) is 40.5 Å². The molecule has 23 heavy (non-hydrogen) atoms. The Morgan fingerprint density at radius 1 is 0.870 bits per heavy atom. The zero-order valence-corrected chi connectivity index (χ0v) is 17.1. The molecule has 134 valence electrons. The van der Waals surface area contributed by atoms with Crippen LogP contribution in [0.25, 0.3) is 0 Å². The molecule has 7 atom stereocenters. The summed E-state index contributed by atoms with van der Waals surface area (Å²) in [6.45, 7) is 11.8. The van der Waals surface area contributed by atoms with Crippen molar-refractivity contribution in [1.29, 1.82) is 0 Å². The number of hydrogen-bond donors (Lipinski definition) is 2. The molecule has 0 bridgehead atoms. The van der Waals surface area contributed by atoms with Crippen LogP contribution in [0, 0.1) is 34.0 Å². The Kier molecular flexibility index (Phi) is 4.31. The molecule has 0 aromatic rings. The lowest BCUT2D eigenvalue weighted by atomic mass is 9.38. The van der Waals surface area contributed by atoms with Crippen molar-refractivity contribution in [2.24, 2.45) is 34.0 Å². The molecule has 2 nitrogen and oxygen atoms in total. The summed E-state index contributed by atoms with van der Waals surface area (Å²) in [5, 5.41) is 21.0. The molecule has 0 aromatic heterocycles. The molecule has 0 aromatic carbocycles. The van der Waals surface area contributed by atoms with E-state index >= 15 is 0 Å². The predicted molar refractivity (Wildman–Crippen MR) is 98.6 cm³/mol. The first-order chi connectivity index (χ1) is 10.5. The van der Waals surface area contributed by atoms with Gasteiger partial charge in [-0.2, -0.15) is 0 Å². The average molecular weight is 387 g/mol. The summed E-state index contributed by atoms with van der Waals surface area (Å²) >= 11 is 3.96. The van der Waals surface area contributed by atoms with Crippen molar-refractivity contribution in [3.8, 4) is 0 Å². The van der Waals surface area contributed by atoms with Gasteiger partial charge >= 0.3 is 0 Å². The molecule has 0 radical (unpaired) electrons. The lowest BCUT2D eigenvalue weighted by molar-refractivity contribution is -0.215. The third kappa shape index (κ3) is 2.39. The highest BCUT2D eigenvalue weighted by Gasteiger charge is 2.64. The molecule has 0 saturated heterocycles. The number of alkyl halides is 1. The third-order valence-corrected chi connectivity index (χ3v) is 10.3. The second kappa shape index (κ2) is 5.45. The van der Waals surface area contributed by atoms with Crippen LogP contribution in [0.4, 0.5) is 0 Å². The number of halogens is 1. The smallest absolute Gasteiger partial charge is 0.0675 e. The van der Waals surface area contributed by atoms with E-state index in [1.54, 1.807) is 0 Å². The van der Waals surface area contributed by atoms with Gasteiger partial charge in [0.05, 0.1) is 5.60 Å². The molecule has 7 unspecified atom stereocenters. The van der Waals surface area contributed by atoms with Gasteiger partial charge in [-0.1, -0.05) is 43.6 Å². The summed E-state index contributed by atoms with van der Waals surface area (Å²) in [5.41, 5.74) is 0.00994. The van der Waals surface area contributed by atoms with E-state index in [0.717, 1.165) is 25.2 Å². The van der Waals surface area contributed by atoms with Crippen molar-refractivity contribution in [1.82, 2.24) is 0 Å². The summed E-state index contributed by atoms with van der Waals surface area (Å²) in [4.78, 5) is 0.609. The normalized spacial score (nSPS) is 55.8. The predicted octanol–water partition coefficient (Wildman–Crippen LogP) is 4.76. The number of rotatable bonds is 1. The summed E-state index contributed by atoms with van der Waals surface area (Å²) < 4.78 is 0. The molecule has 3 fully saturated rings. The van der Waals surface area contributed by atoms with Crippen molar-refractivity contribution >= 4 is 15.9 Å². The molecule has 3 heteroatoms. The van der Waals surface area contributed by atoms with E-state index in [2.05, 4.69) is 43.6 Å². The molecule has 0 amide bonds. The Bertz CT molecular complexity index is 474. The lowest BCUT2D eigenvalue weighted by Crippen LogP contribution is -2.64. The van der Waals surface area contributed by atoms with Crippen LogP contribution in [-0.2, 0) is 0 Å². The van der Waals surface area contributed by atoms with Gasteiger partial charge < -0.3 is 10.2 Å². The zero-order chi connectivity index (χ0) is 17.3. The van der Waals surface area contributed by atoms with E-state index in [0.29, 0.717) is 21.6 Å². The maximum atomic E-state index is 10.9. The zero-order valence-electron chi connectivity index (χ0n) is 15.5. The molecule has 2 N–H and O–H groups in total. The molecule has 0 spiro atoms. The van der Waals surface area contributed by atoms with Gasteiger partial charge in [0.1, 0.15) is 0 Å². The number of aliphatic hydroxyl groups is 2. The van der Waals surface area contributed by atoms with Gasteiger partial charge in [0.15, 0.2) is 0 Å². The van der Waals surface area contributed by atoms with Gasteiger partial charge in [0.2, 0.25) is 0 Å². The van der Waals surface area contributed by atoms with Crippen LogP contribution in [0.15, 0.2) is 0 Å². The van der Waals surface area contributed by atoms with Gasteiger partial charge in [-0.15, -0.1) is 0 Å². The standard InChI is InChI=1S/C20H35BrO2/c1-17(2)13-6-9-19(4)14(18(13,3)10-8-16(17)21)7-11-20(5,23)15(19)12-22/h13-16,22-23H,6-12H2,1-5H3. The van der Waals surface area contributed by atoms with Gasteiger partial charge in [-0.05, 0) is 73.5 Å². The molecule has 0 aliphatic heterocycles. The Morgan fingerprint density at radius 2 is 1.43 bits per heavy atom. The van der Waals surface area contributed by atoms with Crippen molar-refractivity contribution in [2.45, 2.75) is 83.6 Å². The monoisotopic (exact) mass is 386 g/mol. The molecule has 3 saturated carbocycles. The Labute approximate surface area is 150 Å². The second-order valence-corrected chi connectivity index (χ2v) is 11.2. The van der Waals surface area contributed by atoms with E-state index in [1.165, 1.54) is 19.3 Å². The molecular weight excluding hydrogens is 352 g/mol. The van der Waals surface area contributed by atoms with Crippen molar-refractivity contribution < 1.29 is 10.2 Å². The number of aliphatic hydroxyl groups excluding tert-OH is 1. The molecule has 3 rings (SSSR count). The van der Waals surface area contributed by atoms with Crippen molar-refractivity contribution in [2.75, 3.05) is 6.61 Å². The van der Waals surface area contributed by atoms with E-state index in [-0.39, 0.29) is 17.9 Å². The van der Waals surface area contributed by atoms with Gasteiger partial charge in [0.25, 0.3) is 0 Å². The minimum atomic E-state index is -0.717. The minimum absolute atomic E-state index is 0.0105. The van der Waals surface area contributed by atoms with Crippen LogP contribution < -0.4 is 0 Å². The highest BCUT2D eigenvalue weighted by molar-refractivity contribution is 9.09. The minimum Gasteiger partial charge on any atom is -0.396 e. The van der Waals surface area contributed by atoms with E-state index < -0.39 is 5.60 Å². The molecule has 3 aliphatic carbocycles. The maximum Gasteiger partial charge on any atom is 0.0675 e. The largest absolute Gasteiger partial charge is 0.396 e. The highest BCUT2D eigenvalue weighted by Crippen LogP contribution is 2.70. The van der Waals surface area contributed by atoms with Crippen LogP contribution in [0.1, 0.15) is 73.1 Å². The fourth-order valence-corrected chi connectivity index (χ4v) is 7.90. The summed E-state index contributed by atoms with van der Waals surface area (Å²) in [7, 11) is 0. The first-order valence-electron chi connectivity index (χ1n) is 9.47. The Morgan fingerprint density at radius 3 is 2.04 bits per heavy atom. The number of hydrogen-bond acceptors (Lipinski definition) is 2. The fourth-order valence-electron chi connectivity index (χ4n) is 7.36. The van der Waals surface area contributed by atoms with Gasteiger partial charge in [0, 0.05) is 17.4 Å². The summed E-state index contributed by atoms with van der Waals surface area (Å²) in [6, 6.07) is 0. The van der Waals surface area contributed by atoms with Gasteiger partial charge in [-0.25, -0.2) is 0 Å². The van der Waals surface area contributed by atoms with E-state index in [9.17, 15) is 10.2 Å². The summed E-state index contributed by atoms with van der Waals surface area (Å²) in [6.07, 6.45) is 6.83. The molecule has 0 heterocycles. The van der Waals surface area contributed by atoms with Crippen LogP contribution in [0.3, 0.4) is 0 Å². The second-order valence-electron chi connectivity index (χ2n) is 10.1. The van der Waals surface area contributed by atoms with Crippen LogP contribution >= 0.6 is 15.9 Å². The van der Waals surface area contributed by atoms with Crippen LogP contribution in [0.5, 0.6) is 0 Å². The fraction of sp³-hybridized carbons (Fsp3) is 1.00. The van der Waals surface area contributed by atoms with Crippen LogP contribution in [0.2, 0.25) is 0 Å². The Balaban J connectivity index is 2.01. The third-order valence-electron chi connectivity index (χ3n) is 8.67. The van der Waals surface area contributed by atoms with E-state index in [1.807, 2.05) is 6.92 Å². The van der Waals surface area contributed by atoms with Gasteiger partial charge in [-0.3, -0.25) is 0 Å². The molecule has 3 aliphatic rings. The van der Waals surface area contributed by atoms with Crippen molar-refractivity contribution in [3.05, 3.63) is 0 Å². The first-order valence-corrected chi connectivity index (χ1v) is 10.4. The SMILES string of the molecule is CC1(O)CCC2C(C)(CCC3C(C)(C)C(Br)CCC32C)C1CO. The maximum absolute atomic E-state index is 10.9. The summed E-state index contributed by atoms with van der Waals surface area (Å²) in [5.74, 6) is 1.36. The number of fused-ring (bicyclic) bond motifs is 3. The Hall–Kier alpha value is 0.400. The lowest BCUT2D eigenvalue weighted by Gasteiger charge is -2.68. The highest BCUT2D eigenvalue weighted by atomic mass is 79.9. The average Bonchev–Trinajstić information content (AvgIpc) is 2.42. The molecular formula is C20H35BrO2. The van der Waals surface area contributed by atoms with E-state index in [4.69, 9.17) is 0 Å². The van der Waals surface area contributed by atoms with Crippen LogP contribution in [-0.4, -0.2) is 27.2 Å². The quantitative estimate of drug-likeness (QED) is 0.637.